The smallest absolute Gasteiger partial charge is 0.123 e. The number of hydrogen-bond donors (Lipinski definition) is 0. The van der Waals surface area contributed by atoms with Crippen LogP contribution in [0.5, 0.6) is 11.5 Å². The van der Waals surface area contributed by atoms with Crippen molar-refractivity contribution in [3.8, 4) is 17.6 Å². The molecule has 2 rings (SSSR count). The zero-order valence-electron chi connectivity index (χ0n) is 13.2. The second kappa shape index (κ2) is 8.79. The van der Waals surface area contributed by atoms with Gasteiger partial charge in [0.1, 0.15) is 17.3 Å². The van der Waals surface area contributed by atoms with Gasteiger partial charge in [0.25, 0.3) is 0 Å². The minimum atomic E-state index is -0.288. The van der Waals surface area contributed by atoms with Crippen molar-refractivity contribution in [2.75, 3.05) is 13.2 Å². The third-order valence-electron chi connectivity index (χ3n) is 3.47. The average molecular weight is 313 g/mol. The maximum absolute atomic E-state index is 12.9. The van der Waals surface area contributed by atoms with Gasteiger partial charge in [-0.1, -0.05) is 12.1 Å². The molecule has 0 aromatic heterocycles. The van der Waals surface area contributed by atoms with Crippen LogP contribution < -0.4 is 9.47 Å². The molecular formula is C19H20FNO2. The Labute approximate surface area is 136 Å². The van der Waals surface area contributed by atoms with Crippen molar-refractivity contribution in [2.24, 2.45) is 0 Å². The molecule has 4 heteroatoms. The quantitative estimate of drug-likeness (QED) is 0.664. The number of halogens is 1. The van der Waals surface area contributed by atoms with Gasteiger partial charge in [-0.15, -0.1) is 0 Å². The molecule has 120 valence electrons. The van der Waals surface area contributed by atoms with Crippen LogP contribution in [0.25, 0.3) is 0 Å². The molecule has 0 heterocycles. The van der Waals surface area contributed by atoms with Gasteiger partial charge in [0, 0.05) is 0 Å². The second-order valence-corrected chi connectivity index (χ2v) is 5.13. The fourth-order valence-corrected chi connectivity index (χ4v) is 2.28. The lowest BCUT2D eigenvalue weighted by atomic mass is 9.96. The highest BCUT2D eigenvalue weighted by Crippen LogP contribution is 2.22. The normalized spacial score (nSPS) is 11.5. The van der Waals surface area contributed by atoms with Crippen molar-refractivity contribution < 1.29 is 13.9 Å². The summed E-state index contributed by atoms with van der Waals surface area (Å²) in [7, 11) is 0. The number of benzene rings is 2. The van der Waals surface area contributed by atoms with Crippen molar-refractivity contribution in [1.82, 2.24) is 0 Å². The maximum atomic E-state index is 12.9. The number of nitriles is 1. The van der Waals surface area contributed by atoms with E-state index in [1.54, 1.807) is 12.1 Å². The van der Waals surface area contributed by atoms with E-state index in [9.17, 15) is 9.65 Å². The van der Waals surface area contributed by atoms with Gasteiger partial charge in [-0.25, -0.2) is 4.39 Å². The van der Waals surface area contributed by atoms with Crippen molar-refractivity contribution in [2.45, 2.75) is 25.7 Å². The van der Waals surface area contributed by atoms with E-state index < -0.39 is 0 Å². The van der Waals surface area contributed by atoms with Crippen LogP contribution in [0, 0.1) is 17.1 Å². The van der Waals surface area contributed by atoms with Crippen LogP contribution in [0.3, 0.4) is 0 Å². The molecule has 3 nitrogen and oxygen atoms in total. The summed E-state index contributed by atoms with van der Waals surface area (Å²) in [6, 6.07) is 15.8. The van der Waals surface area contributed by atoms with Gasteiger partial charge in [-0.3, -0.25) is 0 Å². The number of nitrogens with zero attached hydrogens (tertiary/aromatic N) is 1. The van der Waals surface area contributed by atoms with E-state index in [1.807, 2.05) is 31.2 Å². The molecule has 1 atom stereocenters. The number of ether oxygens (including phenoxy) is 2. The van der Waals surface area contributed by atoms with Crippen LogP contribution in [-0.4, -0.2) is 13.2 Å². The molecule has 0 bridgehead atoms. The van der Waals surface area contributed by atoms with Crippen molar-refractivity contribution >= 4 is 0 Å². The molecule has 23 heavy (non-hydrogen) atoms. The first-order valence-corrected chi connectivity index (χ1v) is 7.73. The van der Waals surface area contributed by atoms with Crippen LogP contribution >= 0.6 is 0 Å². The molecule has 0 radical (unpaired) electrons. The topological polar surface area (TPSA) is 42.2 Å². The van der Waals surface area contributed by atoms with Crippen LogP contribution in [0.1, 0.15) is 31.2 Å². The van der Waals surface area contributed by atoms with Crippen LogP contribution in [-0.2, 0) is 0 Å². The third-order valence-corrected chi connectivity index (χ3v) is 3.47. The minimum Gasteiger partial charge on any atom is -0.494 e. The van der Waals surface area contributed by atoms with E-state index in [-0.39, 0.29) is 11.7 Å². The molecular weight excluding hydrogens is 293 g/mol. The standard InChI is InChI=1S/C19H20FNO2/c1-2-22-18-9-11-19(12-10-18)23-13-3-4-16(14-21)15-5-7-17(20)8-6-15/h5-12,16H,2-4,13H2,1H3. The highest BCUT2D eigenvalue weighted by atomic mass is 19.1. The lowest BCUT2D eigenvalue weighted by Crippen LogP contribution is -2.02. The summed E-state index contributed by atoms with van der Waals surface area (Å²) < 4.78 is 23.9. The Morgan fingerprint density at radius 2 is 1.61 bits per heavy atom. The van der Waals surface area contributed by atoms with Crippen LogP contribution in [0.15, 0.2) is 48.5 Å². The summed E-state index contributed by atoms with van der Waals surface area (Å²) >= 11 is 0. The first-order valence-electron chi connectivity index (χ1n) is 7.73. The molecule has 2 aromatic rings. The third kappa shape index (κ3) is 5.30. The molecule has 0 fully saturated rings. The first-order chi connectivity index (χ1) is 11.2. The average Bonchev–Trinajstić information content (AvgIpc) is 2.58. The van der Waals surface area contributed by atoms with Gasteiger partial charge in [0.2, 0.25) is 0 Å². The molecule has 0 spiro atoms. The molecule has 0 aliphatic heterocycles. The highest BCUT2D eigenvalue weighted by molar-refractivity contribution is 5.31. The Kier molecular flexibility index (Phi) is 6.43. The SMILES string of the molecule is CCOc1ccc(OCCCC(C#N)c2ccc(F)cc2)cc1. The van der Waals surface area contributed by atoms with Gasteiger partial charge >= 0.3 is 0 Å². The predicted molar refractivity (Wildman–Crippen MR) is 87.1 cm³/mol. The van der Waals surface area contributed by atoms with E-state index in [1.165, 1.54) is 12.1 Å². The summed E-state index contributed by atoms with van der Waals surface area (Å²) in [5.74, 6) is 1.08. The van der Waals surface area contributed by atoms with Crippen LogP contribution in [0.2, 0.25) is 0 Å². The second-order valence-electron chi connectivity index (χ2n) is 5.13. The predicted octanol–water partition coefficient (Wildman–Crippen LogP) is 4.69. The number of rotatable bonds is 8. The lowest BCUT2D eigenvalue weighted by molar-refractivity contribution is 0.303. The van der Waals surface area contributed by atoms with E-state index in [4.69, 9.17) is 9.47 Å². The van der Waals surface area contributed by atoms with Gasteiger partial charge in [-0.2, -0.15) is 5.26 Å². The van der Waals surface area contributed by atoms with E-state index in [0.29, 0.717) is 19.6 Å². The largest absolute Gasteiger partial charge is 0.494 e. The minimum absolute atomic E-state index is 0.237. The highest BCUT2D eigenvalue weighted by Gasteiger charge is 2.10. The Morgan fingerprint density at radius 3 is 2.17 bits per heavy atom. The number of hydrogen-bond acceptors (Lipinski definition) is 3. The summed E-state index contributed by atoms with van der Waals surface area (Å²) in [4.78, 5) is 0. The fourth-order valence-electron chi connectivity index (χ4n) is 2.28. The van der Waals surface area contributed by atoms with Crippen molar-refractivity contribution in [3.63, 3.8) is 0 Å². The maximum Gasteiger partial charge on any atom is 0.123 e. The van der Waals surface area contributed by atoms with Gasteiger partial charge < -0.3 is 9.47 Å². The van der Waals surface area contributed by atoms with Crippen LogP contribution in [0.4, 0.5) is 4.39 Å². The summed E-state index contributed by atoms with van der Waals surface area (Å²) in [6.45, 7) is 3.11. The zero-order valence-corrected chi connectivity index (χ0v) is 13.2. The molecule has 2 aromatic carbocycles. The molecule has 0 N–H and O–H groups in total. The monoisotopic (exact) mass is 313 g/mol. The van der Waals surface area contributed by atoms with Crippen molar-refractivity contribution in [3.05, 3.63) is 59.9 Å². The fraction of sp³-hybridized carbons (Fsp3) is 0.316. The molecule has 1 unspecified atom stereocenters. The van der Waals surface area contributed by atoms with Gasteiger partial charge in [0.05, 0.1) is 25.2 Å². The first kappa shape index (κ1) is 16.8. The van der Waals surface area contributed by atoms with Crippen molar-refractivity contribution in [1.29, 1.82) is 5.26 Å². The van der Waals surface area contributed by atoms with E-state index >= 15 is 0 Å². The lowest BCUT2D eigenvalue weighted by Gasteiger charge is -2.11. The van der Waals surface area contributed by atoms with E-state index in [0.717, 1.165) is 23.5 Å². The molecule has 0 saturated carbocycles. The Bertz CT molecular complexity index is 632. The van der Waals surface area contributed by atoms with E-state index in [2.05, 4.69) is 6.07 Å². The van der Waals surface area contributed by atoms with Gasteiger partial charge in [0.15, 0.2) is 0 Å². The Balaban J connectivity index is 1.77. The zero-order chi connectivity index (χ0) is 16.5. The molecule has 0 aliphatic rings. The molecule has 0 amide bonds. The molecule has 0 saturated heterocycles. The summed E-state index contributed by atoms with van der Waals surface area (Å²) in [6.07, 6.45) is 1.43. The Morgan fingerprint density at radius 1 is 1.00 bits per heavy atom. The Hall–Kier alpha value is -2.54. The summed E-state index contributed by atoms with van der Waals surface area (Å²) in [5.41, 5.74) is 0.843. The molecule has 0 aliphatic carbocycles. The van der Waals surface area contributed by atoms with Gasteiger partial charge in [-0.05, 0) is 61.7 Å². The summed E-state index contributed by atoms with van der Waals surface area (Å²) in [5, 5.41) is 9.25.